The molecule has 0 aromatic rings. The van der Waals surface area contributed by atoms with Gasteiger partial charge in [0.25, 0.3) is 0 Å². The van der Waals surface area contributed by atoms with E-state index in [1.165, 1.54) is 19.3 Å². The van der Waals surface area contributed by atoms with Gasteiger partial charge >= 0.3 is 6.03 Å². The van der Waals surface area contributed by atoms with Crippen LogP contribution in [0.4, 0.5) is 4.79 Å². The highest BCUT2D eigenvalue weighted by Crippen LogP contribution is 2.32. The maximum absolute atomic E-state index is 11.9. The summed E-state index contributed by atoms with van der Waals surface area (Å²) >= 11 is 0. The zero-order valence-electron chi connectivity index (χ0n) is 12.1. The molecule has 0 aliphatic carbocycles. The summed E-state index contributed by atoms with van der Waals surface area (Å²) in [5.74, 6) is 0. The molecule has 2 fully saturated rings. The van der Waals surface area contributed by atoms with Crippen LogP contribution >= 0.6 is 0 Å². The summed E-state index contributed by atoms with van der Waals surface area (Å²) in [6, 6.07) is 1.66. The Hall–Kier alpha value is -0.770. The minimum absolute atomic E-state index is 0.0184. The number of amides is 2. The molecule has 0 radical (unpaired) electrons. The quantitative estimate of drug-likeness (QED) is 0.751. The second-order valence-electron chi connectivity index (χ2n) is 6.92. The third kappa shape index (κ3) is 3.37. The van der Waals surface area contributed by atoms with Gasteiger partial charge in [-0.25, -0.2) is 4.79 Å². The highest BCUT2D eigenvalue weighted by Gasteiger charge is 2.36. The van der Waals surface area contributed by atoms with Crippen LogP contribution in [0.1, 0.15) is 52.9 Å². The van der Waals surface area contributed by atoms with E-state index in [1.807, 2.05) is 20.8 Å². The van der Waals surface area contributed by atoms with E-state index in [0.717, 1.165) is 12.8 Å². The summed E-state index contributed by atoms with van der Waals surface area (Å²) in [5, 5.41) is 6.13. The predicted molar refractivity (Wildman–Crippen MR) is 73.6 cm³/mol. The molecule has 2 rings (SSSR count). The van der Waals surface area contributed by atoms with Crippen LogP contribution in [0.3, 0.4) is 0 Å². The number of hydrogen-bond donors (Lipinski definition) is 2. The van der Waals surface area contributed by atoms with Crippen LogP contribution in [0, 0.1) is 0 Å². The number of rotatable bonds is 1. The fourth-order valence-electron chi connectivity index (χ4n) is 3.30. The Morgan fingerprint density at radius 1 is 1.17 bits per heavy atom. The van der Waals surface area contributed by atoms with Crippen LogP contribution in [0.15, 0.2) is 0 Å². The minimum Gasteiger partial charge on any atom is -0.335 e. The van der Waals surface area contributed by atoms with Crippen molar-refractivity contribution in [3.63, 3.8) is 0 Å². The van der Waals surface area contributed by atoms with Crippen LogP contribution in [0.2, 0.25) is 0 Å². The summed E-state index contributed by atoms with van der Waals surface area (Å²) < 4.78 is 0. The van der Waals surface area contributed by atoms with Crippen LogP contribution in [0.5, 0.6) is 0 Å². The van der Waals surface area contributed by atoms with Gasteiger partial charge in [-0.3, -0.25) is 0 Å². The van der Waals surface area contributed by atoms with Crippen molar-refractivity contribution in [2.45, 2.75) is 76.5 Å². The number of piperidine rings is 2. The largest absolute Gasteiger partial charge is 0.335 e. The fourth-order valence-corrected chi connectivity index (χ4v) is 3.30. The molecule has 2 aliphatic rings. The summed E-state index contributed by atoms with van der Waals surface area (Å²) in [6.07, 6.45) is 6.12. The number of nitrogens with one attached hydrogen (secondary N) is 2. The van der Waals surface area contributed by atoms with Gasteiger partial charge < -0.3 is 15.5 Å². The van der Waals surface area contributed by atoms with E-state index in [4.69, 9.17) is 0 Å². The Labute approximate surface area is 110 Å². The second kappa shape index (κ2) is 5.08. The second-order valence-corrected chi connectivity index (χ2v) is 6.92. The van der Waals surface area contributed by atoms with Gasteiger partial charge in [0.1, 0.15) is 0 Å². The van der Waals surface area contributed by atoms with Crippen molar-refractivity contribution >= 4 is 6.03 Å². The Morgan fingerprint density at radius 2 is 1.72 bits per heavy atom. The molecule has 0 spiro atoms. The van der Waals surface area contributed by atoms with E-state index in [2.05, 4.69) is 22.6 Å². The normalized spacial score (nSPS) is 33.0. The number of carbonyl (C=O) groups excluding carboxylic acids is 1. The molecule has 0 saturated carbocycles. The zero-order chi connectivity index (χ0) is 13.3. The van der Waals surface area contributed by atoms with E-state index in [-0.39, 0.29) is 11.6 Å². The molecule has 0 aromatic carbocycles. The molecule has 18 heavy (non-hydrogen) atoms. The number of carbonyl (C=O) groups is 1. The molecule has 2 N–H and O–H groups in total. The minimum atomic E-state index is -0.161. The average molecular weight is 253 g/mol. The lowest BCUT2D eigenvalue weighted by atomic mass is 9.82. The van der Waals surface area contributed by atoms with Gasteiger partial charge in [0.2, 0.25) is 0 Å². The highest BCUT2D eigenvalue weighted by molar-refractivity contribution is 5.75. The van der Waals surface area contributed by atoms with Crippen LogP contribution in [-0.4, -0.2) is 41.6 Å². The van der Waals surface area contributed by atoms with Crippen molar-refractivity contribution in [1.82, 2.24) is 15.5 Å². The first-order valence-corrected chi connectivity index (χ1v) is 7.16. The van der Waals surface area contributed by atoms with Crippen LogP contribution in [-0.2, 0) is 0 Å². The number of urea groups is 1. The van der Waals surface area contributed by atoms with Crippen molar-refractivity contribution < 1.29 is 4.79 Å². The van der Waals surface area contributed by atoms with E-state index in [0.29, 0.717) is 18.1 Å². The molecule has 4 nitrogen and oxygen atoms in total. The van der Waals surface area contributed by atoms with Crippen molar-refractivity contribution in [1.29, 1.82) is 0 Å². The SMILES string of the molecule is CN1C2CCCC1CC(NC(=O)NC(C)(C)C)C2. The molecule has 4 heteroatoms. The average Bonchev–Trinajstić information content (AvgIpc) is 2.16. The smallest absolute Gasteiger partial charge is 0.315 e. The number of fused-ring (bicyclic) bond motifs is 2. The molecule has 104 valence electrons. The zero-order valence-corrected chi connectivity index (χ0v) is 12.1. The van der Waals surface area contributed by atoms with E-state index >= 15 is 0 Å². The molecule has 2 amide bonds. The highest BCUT2D eigenvalue weighted by atomic mass is 16.2. The number of nitrogens with zero attached hydrogens (tertiary/aromatic N) is 1. The summed E-state index contributed by atoms with van der Waals surface area (Å²) in [5.41, 5.74) is -0.161. The molecule has 2 atom stereocenters. The van der Waals surface area contributed by atoms with Gasteiger partial charge in [0, 0.05) is 23.7 Å². The Kier molecular flexibility index (Phi) is 3.85. The van der Waals surface area contributed by atoms with Gasteiger partial charge in [0.15, 0.2) is 0 Å². The standard InChI is InChI=1S/C14H27N3O/c1-14(2,3)16-13(18)15-10-8-11-6-5-7-12(9-10)17(11)4/h10-12H,5-9H2,1-4H3,(H2,15,16,18). The molecule has 2 saturated heterocycles. The van der Waals surface area contributed by atoms with Gasteiger partial charge in [-0.05, 0) is 53.5 Å². The fraction of sp³-hybridized carbons (Fsp3) is 0.929. The van der Waals surface area contributed by atoms with E-state index in [9.17, 15) is 4.79 Å². The third-order valence-electron chi connectivity index (χ3n) is 4.16. The lowest BCUT2D eigenvalue weighted by Gasteiger charge is -2.47. The summed E-state index contributed by atoms with van der Waals surface area (Å²) in [7, 11) is 2.24. The van der Waals surface area contributed by atoms with Gasteiger partial charge in [0.05, 0.1) is 0 Å². The van der Waals surface area contributed by atoms with Crippen molar-refractivity contribution in [3.05, 3.63) is 0 Å². The molecule has 2 bridgehead atoms. The van der Waals surface area contributed by atoms with Crippen molar-refractivity contribution in [2.24, 2.45) is 0 Å². The first-order valence-electron chi connectivity index (χ1n) is 7.16. The van der Waals surface area contributed by atoms with Crippen LogP contribution < -0.4 is 10.6 Å². The lowest BCUT2D eigenvalue weighted by Crippen LogP contribution is -2.57. The lowest BCUT2D eigenvalue weighted by molar-refractivity contribution is 0.0507. The third-order valence-corrected chi connectivity index (χ3v) is 4.16. The molecule has 0 aromatic heterocycles. The molecular weight excluding hydrogens is 226 g/mol. The summed E-state index contributed by atoms with van der Waals surface area (Å²) in [6.45, 7) is 6.03. The van der Waals surface area contributed by atoms with Gasteiger partial charge in [-0.1, -0.05) is 6.42 Å². The predicted octanol–water partition coefficient (Wildman–Crippen LogP) is 2.10. The van der Waals surface area contributed by atoms with Crippen LogP contribution in [0.25, 0.3) is 0 Å². The Bertz CT molecular complexity index is 297. The van der Waals surface area contributed by atoms with Crippen molar-refractivity contribution in [3.8, 4) is 0 Å². The van der Waals surface area contributed by atoms with Gasteiger partial charge in [-0.2, -0.15) is 0 Å². The number of hydrogen-bond acceptors (Lipinski definition) is 2. The molecule has 2 aliphatic heterocycles. The molecule has 2 heterocycles. The Balaban J connectivity index is 1.86. The molecular formula is C14H27N3O. The first-order chi connectivity index (χ1) is 8.35. The molecule has 2 unspecified atom stereocenters. The maximum atomic E-state index is 11.9. The monoisotopic (exact) mass is 253 g/mol. The first kappa shape index (κ1) is 13.7. The Morgan fingerprint density at radius 3 is 2.22 bits per heavy atom. The van der Waals surface area contributed by atoms with Gasteiger partial charge in [-0.15, -0.1) is 0 Å². The van der Waals surface area contributed by atoms with E-state index in [1.54, 1.807) is 0 Å². The van der Waals surface area contributed by atoms with Crippen molar-refractivity contribution in [2.75, 3.05) is 7.05 Å². The maximum Gasteiger partial charge on any atom is 0.315 e. The topological polar surface area (TPSA) is 44.4 Å². The summed E-state index contributed by atoms with van der Waals surface area (Å²) in [4.78, 5) is 14.4. The van der Waals surface area contributed by atoms with E-state index < -0.39 is 0 Å².